The molecule has 0 aliphatic carbocycles. The number of ether oxygens (including phenoxy) is 1. The summed E-state index contributed by atoms with van der Waals surface area (Å²) in [7, 11) is 0. The number of carbonyl (C=O) groups excluding carboxylic acids is 1. The number of aromatic nitrogens is 2. The van der Waals surface area contributed by atoms with Gasteiger partial charge in [0.15, 0.2) is 0 Å². The van der Waals surface area contributed by atoms with Crippen molar-refractivity contribution in [1.82, 2.24) is 14.5 Å². The smallest absolute Gasteiger partial charge is 0.222 e. The van der Waals surface area contributed by atoms with Gasteiger partial charge in [-0.15, -0.1) is 0 Å². The Morgan fingerprint density at radius 2 is 1.97 bits per heavy atom. The molecule has 1 atom stereocenters. The number of nitrogens with zero attached hydrogens (tertiary/aromatic N) is 3. The number of halogens is 1. The molecule has 1 aromatic heterocycles. The number of benzene rings is 2. The Balaban J connectivity index is 1.47. The van der Waals surface area contributed by atoms with E-state index in [4.69, 9.17) is 21.3 Å². The summed E-state index contributed by atoms with van der Waals surface area (Å²) < 4.78 is 8.13. The zero-order valence-electron chi connectivity index (χ0n) is 17.4. The molecule has 1 aliphatic heterocycles. The first-order valence-corrected chi connectivity index (χ1v) is 11.2. The minimum Gasteiger partial charge on any atom is -0.492 e. The maximum absolute atomic E-state index is 12.4. The molecule has 4 rings (SSSR count). The van der Waals surface area contributed by atoms with E-state index in [0.29, 0.717) is 18.1 Å². The molecule has 1 amide bonds. The Hall–Kier alpha value is -2.53. The predicted molar refractivity (Wildman–Crippen MR) is 120 cm³/mol. The molecule has 0 saturated carbocycles. The van der Waals surface area contributed by atoms with Crippen molar-refractivity contribution in [3.8, 4) is 5.75 Å². The molecule has 2 aromatic carbocycles. The molecule has 158 valence electrons. The topological polar surface area (TPSA) is 47.4 Å². The van der Waals surface area contributed by atoms with E-state index in [-0.39, 0.29) is 11.9 Å². The molecule has 1 unspecified atom stereocenters. The summed E-state index contributed by atoms with van der Waals surface area (Å²) in [6.45, 7) is 4.23. The Morgan fingerprint density at radius 1 is 1.17 bits per heavy atom. The molecular weight excluding hydrogens is 398 g/mol. The summed E-state index contributed by atoms with van der Waals surface area (Å²) in [4.78, 5) is 19.4. The number of hydrogen-bond acceptors (Lipinski definition) is 3. The minimum absolute atomic E-state index is 0.0734. The minimum atomic E-state index is 0.0734. The van der Waals surface area contributed by atoms with Crippen LogP contribution in [0.4, 0.5) is 0 Å². The summed E-state index contributed by atoms with van der Waals surface area (Å²) in [6, 6.07) is 15.9. The van der Waals surface area contributed by atoms with Gasteiger partial charge in [-0.2, -0.15) is 0 Å². The normalized spacial score (nSPS) is 16.3. The van der Waals surface area contributed by atoms with E-state index in [0.717, 1.165) is 61.4 Å². The number of likely N-dealkylation sites (tertiary alicyclic amines) is 1. The van der Waals surface area contributed by atoms with Gasteiger partial charge < -0.3 is 14.2 Å². The van der Waals surface area contributed by atoms with Gasteiger partial charge in [-0.25, -0.2) is 4.98 Å². The second-order valence-electron chi connectivity index (χ2n) is 7.70. The molecule has 0 bridgehead atoms. The molecule has 3 aromatic rings. The lowest BCUT2D eigenvalue weighted by atomic mass is 10.2. The van der Waals surface area contributed by atoms with Gasteiger partial charge in [0.25, 0.3) is 0 Å². The Labute approximate surface area is 182 Å². The lowest BCUT2D eigenvalue weighted by Gasteiger charge is -2.25. The molecule has 0 N–H and O–H groups in total. The molecule has 6 heteroatoms. The van der Waals surface area contributed by atoms with Gasteiger partial charge in [0.05, 0.1) is 28.7 Å². The van der Waals surface area contributed by atoms with Crippen LogP contribution in [0, 0.1) is 0 Å². The van der Waals surface area contributed by atoms with Crippen LogP contribution in [0.5, 0.6) is 5.75 Å². The first-order chi connectivity index (χ1) is 14.7. The first kappa shape index (κ1) is 20.7. The molecule has 1 saturated heterocycles. The standard InChI is InChI=1S/C24H28ClN3O2/c1-2-23(29)27-16-9-13-21(27)24-26-19-11-4-5-12-20(19)28(24)15-7-8-17-30-22-14-6-3-10-18(22)25/h3-6,10-12,14,21H,2,7-9,13,15-17H2,1H3. The van der Waals surface area contributed by atoms with E-state index >= 15 is 0 Å². The highest BCUT2D eigenvalue weighted by Gasteiger charge is 2.32. The number of unbranched alkanes of at least 4 members (excludes halogenated alkanes) is 1. The number of aryl methyl sites for hydroxylation is 1. The summed E-state index contributed by atoms with van der Waals surface area (Å²) in [6.07, 6.45) is 4.43. The fraction of sp³-hybridized carbons (Fsp3) is 0.417. The highest BCUT2D eigenvalue weighted by atomic mass is 35.5. The van der Waals surface area contributed by atoms with Crippen LogP contribution in [-0.2, 0) is 11.3 Å². The molecule has 1 fully saturated rings. The van der Waals surface area contributed by atoms with Gasteiger partial charge in [-0.05, 0) is 49.9 Å². The van der Waals surface area contributed by atoms with Crippen LogP contribution in [0.2, 0.25) is 5.02 Å². The van der Waals surface area contributed by atoms with Crippen molar-refractivity contribution in [3.05, 3.63) is 59.4 Å². The van der Waals surface area contributed by atoms with Crippen LogP contribution in [0.1, 0.15) is 50.9 Å². The summed E-state index contributed by atoms with van der Waals surface area (Å²) >= 11 is 6.16. The molecular formula is C24H28ClN3O2. The molecule has 2 heterocycles. The fourth-order valence-corrected chi connectivity index (χ4v) is 4.43. The first-order valence-electron chi connectivity index (χ1n) is 10.8. The Bertz CT molecular complexity index is 1020. The molecule has 30 heavy (non-hydrogen) atoms. The van der Waals surface area contributed by atoms with Gasteiger partial charge in [0.2, 0.25) is 5.91 Å². The van der Waals surface area contributed by atoms with E-state index in [2.05, 4.69) is 22.8 Å². The number of hydrogen-bond donors (Lipinski definition) is 0. The van der Waals surface area contributed by atoms with Crippen LogP contribution >= 0.6 is 11.6 Å². The van der Waals surface area contributed by atoms with E-state index in [9.17, 15) is 4.79 Å². The van der Waals surface area contributed by atoms with Crippen LogP contribution in [0.15, 0.2) is 48.5 Å². The molecule has 0 radical (unpaired) electrons. The summed E-state index contributed by atoms with van der Waals surface area (Å²) in [5.41, 5.74) is 2.13. The number of carbonyl (C=O) groups is 1. The van der Waals surface area contributed by atoms with Crippen LogP contribution in [0.25, 0.3) is 11.0 Å². The zero-order valence-corrected chi connectivity index (χ0v) is 18.1. The van der Waals surface area contributed by atoms with Crippen LogP contribution in [0.3, 0.4) is 0 Å². The average Bonchev–Trinajstić information content (AvgIpc) is 3.39. The van der Waals surface area contributed by atoms with Crippen molar-refractivity contribution in [2.24, 2.45) is 0 Å². The number of para-hydroxylation sites is 3. The number of imidazole rings is 1. The van der Waals surface area contributed by atoms with Crippen molar-refractivity contribution in [1.29, 1.82) is 0 Å². The second-order valence-corrected chi connectivity index (χ2v) is 8.10. The third kappa shape index (κ3) is 4.31. The average molecular weight is 426 g/mol. The van der Waals surface area contributed by atoms with Gasteiger partial charge in [0, 0.05) is 19.5 Å². The zero-order chi connectivity index (χ0) is 20.9. The van der Waals surface area contributed by atoms with Crippen LogP contribution in [-0.4, -0.2) is 33.5 Å². The van der Waals surface area contributed by atoms with Crippen LogP contribution < -0.4 is 4.74 Å². The summed E-state index contributed by atoms with van der Waals surface area (Å²) in [5.74, 6) is 1.96. The second kappa shape index (κ2) is 9.52. The SMILES string of the molecule is CCC(=O)N1CCCC1c1nc2ccccc2n1CCCCOc1ccccc1Cl. The largest absolute Gasteiger partial charge is 0.492 e. The predicted octanol–water partition coefficient (Wildman–Crippen LogP) is 5.62. The van der Waals surface area contributed by atoms with Crippen molar-refractivity contribution in [2.75, 3.05) is 13.2 Å². The maximum atomic E-state index is 12.4. The Kier molecular flexibility index (Phi) is 6.58. The number of fused-ring (bicyclic) bond motifs is 1. The summed E-state index contributed by atoms with van der Waals surface area (Å²) in [5, 5.41) is 0.641. The highest BCUT2D eigenvalue weighted by molar-refractivity contribution is 6.32. The van der Waals surface area contributed by atoms with Gasteiger partial charge in [0.1, 0.15) is 11.6 Å². The maximum Gasteiger partial charge on any atom is 0.222 e. The fourth-order valence-electron chi connectivity index (χ4n) is 4.24. The van der Waals surface area contributed by atoms with E-state index in [1.54, 1.807) is 0 Å². The van der Waals surface area contributed by atoms with Crippen molar-refractivity contribution >= 4 is 28.5 Å². The lowest BCUT2D eigenvalue weighted by Crippen LogP contribution is -2.31. The number of amides is 1. The van der Waals surface area contributed by atoms with Gasteiger partial charge in [-0.1, -0.05) is 42.8 Å². The molecule has 5 nitrogen and oxygen atoms in total. The van der Waals surface area contributed by atoms with E-state index in [1.807, 2.05) is 42.2 Å². The van der Waals surface area contributed by atoms with E-state index in [1.165, 1.54) is 0 Å². The van der Waals surface area contributed by atoms with E-state index < -0.39 is 0 Å². The Morgan fingerprint density at radius 3 is 2.80 bits per heavy atom. The highest BCUT2D eigenvalue weighted by Crippen LogP contribution is 2.34. The molecule has 1 aliphatic rings. The number of rotatable bonds is 8. The molecule has 0 spiro atoms. The van der Waals surface area contributed by atoms with Gasteiger partial charge in [-0.3, -0.25) is 4.79 Å². The van der Waals surface area contributed by atoms with Crippen molar-refractivity contribution in [2.45, 2.75) is 51.6 Å². The quantitative estimate of drug-likeness (QED) is 0.440. The van der Waals surface area contributed by atoms with Gasteiger partial charge >= 0.3 is 0 Å². The lowest BCUT2D eigenvalue weighted by molar-refractivity contribution is -0.131. The third-order valence-electron chi connectivity index (χ3n) is 5.73. The van der Waals surface area contributed by atoms with Crippen molar-refractivity contribution in [3.63, 3.8) is 0 Å². The van der Waals surface area contributed by atoms with Crippen molar-refractivity contribution < 1.29 is 9.53 Å². The monoisotopic (exact) mass is 425 g/mol. The third-order valence-corrected chi connectivity index (χ3v) is 6.04.